The third kappa shape index (κ3) is 9.82. The topological polar surface area (TPSA) is 97.6 Å². The zero-order valence-electron chi connectivity index (χ0n) is 23.5. The maximum atomic E-state index is 12.4. The molecule has 3 aromatic carbocycles. The fourth-order valence-electron chi connectivity index (χ4n) is 3.84. The van der Waals surface area contributed by atoms with E-state index in [1.165, 1.54) is 0 Å². The zero-order valence-corrected chi connectivity index (χ0v) is 23.5. The van der Waals surface area contributed by atoms with Crippen molar-refractivity contribution < 1.29 is 23.8 Å². The van der Waals surface area contributed by atoms with Crippen LogP contribution in [-0.2, 0) is 33.8 Å². The van der Waals surface area contributed by atoms with E-state index in [1.54, 1.807) is 6.07 Å². The van der Waals surface area contributed by atoms with E-state index in [0.717, 1.165) is 27.8 Å². The van der Waals surface area contributed by atoms with Gasteiger partial charge in [-0.05, 0) is 94.1 Å². The van der Waals surface area contributed by atoms with E-state index in [1.807, 2.05) is 102 Å². The number of nitrogens with one attached hydrogen (secondary N) is 1. The summed E-state index contributed by atoms with van der Waals surface area (Å²) in [6, 6.07) is 22.9. The maximum Gasteiger partial charge on any atom is 0.407 e. The largest absolute Gasteiger partial charge is 0.489 e. The van der Waals surface area contributed by atoms with Gasteiger partial charge in [-0.3, -0.25) is 4.79 Å². The van der Waals surface area contributed by atoms with Crippen molar-refractivity contribution in [3.8, 4) is 22.9 Å². The highest BCUT2D eigenvalue weighted by molar-refractivity contribution is 5.74. The van der Waals surface area contributed by atoms with Crippen LogP contribution in [0.5, 0.6) is 5.75 Å². The molecular weight excluding hydrogens is 492 g/mol. The number of carbonyl (C=O) groups is 2. The predicted octanol–water partition coefficient (Wildman–Crippen LogP) is 6.71. The maximum absolute atomic E-state index is 12.4. The van der Waals surface area contributed by atoms with E-state index in [2.05, 4.69) is 11.4 Å². The second kappa shape index (κ2) is 12.5. The summed E-state index contributed by atoms with van der Waals surface area (Å²) in [5.74, 6) is 0.260. The molecule has 0 saturated heterocycles. The average molecular weight is 529 g/mol. The van der Waals surface area contributed by atoms with Crippen LogP contribution in [0.25, 0.3) is 11.1 Å². The van der Waals surface area contributed by atoms with Crippen LogP contribution in [0.3, 0.4) is 0 Å². The molecule has 7 nitrogen and oxygen atoms in total. The van der Waals surface area contributed by atoms with Crippen molar-refractivity contribution >= 4 is 12.1 Å². The fourth-order valence-corrected chi connectivity index (χ4v) is 3.84. The highest BCUT2D eigenvalue weighted by Crippen LogP contribution is 2.26. The van der Waals surface area contributed by atoms with Crippen molar-refractivity contribution in [3.63, 3.8) is 0 Å². The number of carbonyl (C=O) groups excluding carboxylic acids is 2. The summed E-state index contributed by atoms with van der Waals surface area (Å²) in [6.07, 6.45) is -0.383. The molecule has 0 heterocycles. The Morgan fingerprint density at radius 2 is 1.51 bits per heavy atom. The van der Waals surface area contributed by atoms with Crippen molar-refractivity contribution in [2.45, 2.75) is 72.3 Å². The molecular formula is C32H36N2O5. The van der Waals surface area contributed by atoms with Crippen molar-refractivity contribution in [2.75, 3.05) is 0 Å². The number of amides is 1. The zero-order chi connectivity index (χ0) is 28.6. The number of rotatable bonds is 8. The Kier molecular flexibility index (Phi) is 9.37. The predicted molar refractivity (Wildman–Crippen MR) is 150 cm³/mol. The molecule has 1 N–H and O–H groups in total. The summed E-state index contributed by atoms with van der Waals surface area (Å²) in [7, 11) is 0. The van der Waals surface area contributed by atoms with Gasteiger partial charge in [-0.25, -0.2) is 4.79 Å². The smallest absolute Gasteiger partial charge is 0.407 e. The Hall–Kier alpha value is -4.31. The SMILES string of the molecule is CC(C)(C)OC(=O)Cc1ccccc1OCc1cc(C#N)cc(-c2cccc(CNC(=O)OC(C)(C)C)c2)c1. The van der Waals surface area contributed by atoms with Crippen molar-refractivity contribution in [1.29, 1.82) is 5.26 Å². The van der Waals surface area contributed by atoms with Crippen LogP contribution in [0.4, 0.5) is 4.79 Å². The molecule has 39 heavy (non-hydrogen) atoms. The van der Waals surface area contributed by atoms with Crippen LogP contribution in [0, 0.1) is 11.3 Å². The summed E-state index contributed by atoms with van der Waals surface area (Å²) in [6.45, 7) is 11.5. The van der Waals surface area contributed by atoms with E-state index in [4.69, 9.17) is 14.2 Å². The fraction of sp³-hybridized carbons (Fsp3) is 0.344. The molecule has 0 unspecified atom stereocenters. The van der Waals surface area contributed by atoms with Gasteiger partial charge in [0.15, 0.2) is 0 Å². The van der Waals surface area contributed by atoms with Gasteiger partial charge < -0.3 is 19.5 Å². The van der Waals surface area contributed by atoms with Crippen LogP contribution >= 0.6 is 0 Å². The number of benzene rings is 3. The minimum absolute atomic E-state index is 0.0983. The van der Waals surface area contributed by atoms with Gasteiger partial charge in [0.25, 0.3) is 0 Å². The Morgan fingerprint density at radius 3 is 2.21 bits per heavy atom. The molecule has 0 aliphatic rings. The number of esters is 1. The lowest BCUT2D eigenvalue weighted by Crippen LogP contribution is -2.32. The number of alkyl carbamates (subject to hydrolysis) is 1. The lowest BCUT2D eigenvalue weighted by molar-refractivity contribution is -0.153. The minimum atomic E-state index is -0.571. The first kappa shape index (κ1) is 29.2. The molecule has 0 aliphatic heterocycles. The van der Waals surface area contributed by atoms with Crippen molar-refractivity contribution in [3.05, 3.63) is 89.0 Å². The molecule has 0 atom stereocenters. The molecule has 3 rings (SSSR count). The molecule has 0 saturated carbocycles. The Balaban J connectivity index is 1.75. The summed E-state index contributed by atoms with van der Waals surface area (Å²) in [5, 5.41) is 12.4. The minimum Gasteiger partial charge on any atom is -0.489 e. The first-order valence-electron chi connectivity index (χ1n) is 12.8. The molecule has 0 aromatic heterocycles. The van der Waals surface area contributed by atoms with Crippen LogP contribution < -0.4 is 10.1 Å². The van der Waals surface area contributed by atoms with Gasteiger partial charge in [-0.15, -0.1) is 0 Å². The van der Waals surface area contributed by atoms with E-state index in [-0.39, 0.29) is 19.0 Å². The Morgan fingerprint density at radius 1 is 0.821 bits per heavy atom. The van der Waals surface area contributed by atoms with Gasteiger partial charge in [0, 0.05) is 12.1 Å². The van der Waals surface area contributed by atoms with E-state index >= 15 is 0 Å². The van der Waals surface area contributed by atoms with Gasteiger partial charge >= 0.3 is 12.1 Å². The van der Waals surface area contributed by atoms with Gasteiger partial charge in [-0.1, -0.05) is 36.4 Å². The van der Waals surface area contributed by atoms with Crippen LogP contribution in [0.1, 0.15) is 63.8 Å². The summed E-state index contributed by atoms with van der Waals surface area (Å²) < 4.78 is 16.9. The standard InChI is InChI=1S/C32H36N2O5/c1-31(2,3)38-29(35)18-26-11-7-8-13-28(26)37-21-24-14-23(19-33)16-27(17-24)25-12-9-10-22(15-25)20-34-30(36)39-32(4,5)6/h7-17H,18,20-21H2,1-6H3,(H,34,36). The van der Waals surface area contributed by atoms with Gasteiger partial charge in [-0.2, -0.15) is 5.26 Å². The molecule has 0 aliphatic carbocycles. The molecule has 1 amide bonds. The van der Waals surface area contributed by atoms with Crippen molar-refractivity contribution in [2.24, 2.45) is 0 Å². The highest BCUT2D eigenvalue weighted by atomic mass is 16.6. The third-order valence-electron chi connectivity index (χ3n) is 5.34. The molecule has 3 aromatic rings. The lowest BCUT2D eigenvalue weighted by Gasteiger charge is -2.20. The van der Waals surface area contributed by atoms with Crippen molar-refractivity contribution in [1.82, 2.24) is 5.32 Å². The van der Waals surface area contributed by atoms with Gasteiger partial charge in [0.05, 0.1) is 18.1 Å². The third-order valence-corrected chi connectivity index (χ3v) is 5.34. The molecule has 0 spiro atoms. The molecule has 204 valence electrons. The average Bonchev–Trinajstić information content (AvgIpc) is 2.85. The molecule has 7 heteroatoms. The number of para-hydroxylation sites is 1. The molecule has 0 bridgehead atoms. The first-order valence-corrected chi connectivity index (χ1v) is 12.8. The highest BCUT2D eigenvalue weighted by Gasteiger charge is 2.18. The van der Waals surface area contributed by atoms with E-state index < -0.39 is 17.3 Å². The monoisotopic (exact) mass is 528 g/mol. The van der Waals surface area contributed by atoms with Crippen LogP contribution in [0.15, 0.2) is 66.7 Å². The van der Waals surface area contributed by atoms with Gasteiger partial charge in [0.1, 0.15) is 23.6 Å². The normalized spacial score (nSPS) is 11.3. The number of nitrogens with zero attached hydrogens (tertiary/aromatic N) is 1. The lowest BCUT2D eigenvalue weighted by atomic mass is 9.98. The second-order valence-electron chi connectivity index (χ2n) is 11.2. The number of hydrogen-bond acceptors (Lipinski definition) is 6. The van der Waals surface area contributed by atoms with Crippen LogP contribution in [0.2, 0.25) is 0 Å². The number of nitriles is 1. The number of ether oxygens (including phenoxy) is 3. The number of hydrogen-bond donors (Lipinski definition) is 1. The molecule has 0 fully saturated rings. The summed E-state index contributed by atoms with van der Waals surface area (Å²) in [4.78, 5) is 24.4. The Labute approximate surface area is 230 Å². The summed E-state index contributed by atoms with van der Waals surface area (Å²) in [5.41, 5.74) is 3.57. The second-order valence-corrected chi connectivity index (χ2v) is 11.2. The molecule has 0 radical (unpaired) electrons. The Bertz CT molecular complexity index is 1360. The van der Waals surface area contributed by atoms with Gasteiger partial charge in [0.2, 0.25) is 0 Å². The van der Waals surface area contributed by atoms with E-state index in [9.17, 15) is 14.9 Å². The van der Waals surface area contributed by atoms with Crippen LogP contribution in [-0.4, -0.2) is 23.3 Å². The quantitative estimate of drug-likeness (QED) is 0.326. The first-order chi connectivity index (χ1) is 18.3. The summed E-state index contributed by atoms with van der Waals surface area (Å²) >= 11 is 0. The van der Waals surface area contributed by atoms with E-state index in [0.29, 0.717) is 17.9 Å².